The summed E-state index contributed by atoms with van der Waals surface area (Å²) in [5, 5.41) is 3.80. The third-order valence-electron chi connectivity index (χ3n) is 3.18. The molecular formula is C16H17ClFNS. The van der Waals surface area contributed by atoms with Crippen LogP contribution in [-0.4, -0.2) is 12.8 Å². The van der Waals surface area contributed by atoms with Gasteiger partial charge >= 0.3 is 0 Å². The van der Waals surface area contributed by atoms with Gasteiger partial charge in [-0.2, -0.15) is 0 Å². The van der Waals surface area contributed by atoms with E-state index in [9.17, 15) is 4.39 Å². The predicted molar refractivity (Wildman–Crippen MR) is 85.1 cm³/mol. The van der Waals surface area contributed by atoms with Crippen LogP contribution in [0, 0.1) is 12.7 Å². The molecule has 1 atom stereocenters. The summed E-state index contributed by atoms with van der Waals surface area (Å²) in [5.74, 6) is 0.537. The molecular weight excluding hydrogens is 293 g/mol. The molecule has 4 heteroatoms. The van der Waals surface area contributed by atoms with Gasteiger partial charge in [0.05, 0.1) is 0 Å². The van der Waals surface area contributed by atoms with Gasteiger partial charge in [-0.1, -0.05) is 29.8 Å². The zero-order valence-electron chi connectivity index (χ0n) is 11.5. The number of aryl methyl sites for hydroxylation is 1. The molecule has 2 aromatic rings. The quantitative estimate of drug-likeness (QED) is 0.793. The van der Waals surface area contributed by atoms with E-state index in [0.29, 0.717) is 5.02 Å². The molecule has 0 radical (unpaired) electrons. The molecule has 1 nitrogen and oxygen atoms in total. The minimum absolute atomic E-state index is 0.0165. The molecule has 0 amide bonds. The van der Waals surface area contributed by atoms with Crippen molar-refractivity contribution in [1.29, 1.82) is 0 Å². The highest BCUT2D eigenvalue weighted by Crippen LogP contribution is 2.30. The summed E-state index contributed by atoms with van der Waals surface area (Å²) in [6, 6.07) is 12.7. The Morgan fingerprint density at radius 3 is 2.70 bits per heavy atom. The molecule has 0 fully saturated rings. The largest absolute Gasteiger partial charge is 0.312 e. The van der Waals surface area contributed by atoms with Gasteiger partial charge in [0.2, 0.25) is 0 Å². The lowest BCUT2D eigenvalue weighted by molar-refractivity contribution is 0.611. The van der Waals surface area contributed by atoms with Crippen molar-refractivity contribution in [2.75, 3.05) is 12.8 Å². The minimum atomic E-state index is -0.259. The molecule has 2 aromatic carbocycles. The molecule has 0 aromatic heterocycles. The molecule has 106 valence electrons. The first-order valence-corrected chi connectivity index (χ1v) is 7.79. The molecule has 1 unspecified atom stereocenters. The monoisotopic (exact) mass is 309 g/mol. The Balaban J connectivity index is 2.13. The van der Waals surface area contributed by atoms with E-state index in [1.54, 1.807) is 17.8 Å². The third-order valence-corrected chi connectivity index (χ3v) is 4.79. The SMILES string of the molecule is CNC(CSc1ccccc1C)c1cc(F)ccc1Cl. The van der Waals surface area contributed by atoms with E-state index >= 15 is 0 Å². The lowest BCUT2D eigenvalue weighted by Gasteiger charge is -2.18. The van der Waals surface area contributed by atoms with E-state index in [4.69, 9.17) is 11.6 Å². The second-order valence-electron chi connectivity index (χ2n) is 4.58. The summed E-state index contributed by atoms with van der Waals surface area (Å²) in [6.07, 6.45) is 0. The average Bonchev–Trinajstić information content (AvgIpc) is 2.45. The Kier molecular flexibility index (Phi) is 5.46. The standard InChI is InChI=1S/C16H17ClFNS/c1-11-5-3-4-6-16(11)20-10-15(19-2)13-9-12(18)7-8-14(13)17/h3-9,15,19H,10H2,1-2H3. The molecule has 0 aliphatic carbocycles. The summed E-state index contributed by atoms with van der Waals surface area (Å²) in [7, 11) is 1.87. The van der Waals surface area contributed by atoms with Crippen LogP contribution < -0.4 is 5.32 Å². The van der Waals surface area contributed by atoms with Crippen molar-refractivity contribution < 1.29 is 4.39 Å². The van der Waals surface area contributed by atoms with Gasteiger partial charge in [0.1, 0.15) is 5.82 Å². The predicted octanol–water partition coefficient (Wildman–Crippen LogP) is 4.84. The van der Waals surface area contributed by atoms with E-state index in [1.807, 2.05) is 19.2 Å². The van der Waals surface area contributed by atoms with Gasteiger partial charge in [-0.05, 0) is 49.4 Å². The second kappa shape index (κ2) is 7.11. The smallest absolute Gasteiger partial charge is 0.123 e. The van der Waals surface area contributed by atoms with Crippen molar-refractivity contribution in [2.45, 2.75) is 17.9 Å². The normalized spacial score (nSPS) is 12.4. The fraction of sp³-hybridized carbons (Fsp3) is 0.250. The fourth-order valence-electron chi connectivity index (χ4n) is 2.00. The molecule has 20 heavy (non-hydrogen) atoms. The molecule has 1 N–H and O–H groups in total. The molecule has 0 spiro atoms. The molecule has 0 heterocycles. The van der Waals surface area contributed by atoms with Crippen LogP contribution in [0.5, 0.6) is 0 Å². The van der Waals surface area contributed by atoms with Crippen molar-refractivity contribution in [3.8, 4) is 0 Å². The summed E-state index contributed by atoms with van der Waals surface area (Å²) in [6.45, 7) is 2.09. The van der Waals surface area contributed by atoms with E-state index in [2.05, 4.69) is 24.4 Å². The van der Waals surface area contributed by atoms with Crippen molar-refractivity contribution >= 4 is 23.4 Å². The lowest BCUT2D eigenvalue weighted by atomic mass is 10.1. The Labute approximate surface area is 128 Å². The first kappa shape index (κ1) is 15.4. The summed E-state index contributed by atoms with van der Waals surface area (Å²) >= 11 is 7.91. The average molecular weight is 310 g/mol. The maximum Gasteiger partial charge on any atom is 0.123 e. The van der Waals surface area contributed by atoms with Gasteiger partial charge in [-0.3, -0.25) is 0 Å². The molecule has 0 aliphatic rings. The number of thioether (sulfide) groups is 1. The molecule has 2 rings (SSSR count). The van der Waals surface area contributed by atoms with Crippen LogP contribution in [0.25, 0.3) is 0 Å². The number of halogens is 2. The highest BCUT2D eigenvalue weighted by atomic mass is 35.5. The van der Waals surface area contributed by atoms with Crippen LogP contribution in [0.2, 0.25) is 5.02 Å². The van der Waals surface area contributed by atoms with Crippen LogP contribution in [0.1, 0.15) is 17.2 Å². The summed E-state index contributed by atoms with van der Waals surface area (Å²) in [5.41, 5.74) is 2.05. The lowest BCUT2D eigenvalue weighted by Crippen LogP contribution is -2.19. The van der Waals surface area contributed by atoms with Crippen molar-refractivity contribution in [3.05, 3.63) is 64.4 Å². The number of nitrogens with one attached hydrogen (secondary N) is 1. The van der Waals surface area contributed by atoms with Gasteiger partial charge in [-0.25, -0.2) is 4.39 Å². The van der Waals surface area contributed by atoms with Gasteiger partial charge in [0, 0.05) is 21.7 Å². The van der Waals surface area contributed by atoms with Gasteiger partial charge in [0.15, 0.2) is 0 Å². The van der Waals surface area contributed by atoms with Gasteiger partial charge < -0.3 is 5.32 Å². The molecule has 0 aliphatic heterocycles. The van der Waals surface area contributed by atoms with E-state index in [0.717, 1.165) is 11.3 Å². The van der Waals surface area contributed by atoms with Crippen LogP contribution in [0.4, 0.5) is 4.39 Å². The molecule has 0 saturated carbocycles. The Morgan fingerprint density at radius 2 is 2.00 bits per heavy atom. The summed E-state index contributed by atoms with van der Waals surface area (Å²) in [4.78, 5) is 1.24. The Morgan fingerprint density at radius 1 is 1.25 bits per heavy atom. The second-order valence-corrected chi connectivity index (χ2v) is 6.05. The van der Waals surface area contributed by atoms with Crippen molar-refractivity contribution in [2.24, 2.45) is 0 Å². The van der Waals surface area contributed by atoms with Crippen LogP contribution in [0.3, 0.4) is 0 Å². The van der Waals surface area contributed by atoms with Crippen LogP contribution >= 0.6 is 23.4 Å². The summed E-state index contributed by atoms with van der Waals surface area (Å²) < 4.78 is 13.4. The molecule has 0 saturated heterocycles. The van der Waals surface area contributed by atoms with E-state index < -0.39 is 0 Å². The van der Waals surface area contributed by atoms with Crippen LogP contribution in [0.15, 0.2) is 47.4 Å². The van der Waals surface area contributed by atoms with Crippen molar-refractivity contribution in [3.63, 3.8) is 0 Å². The maximum absolute atomic E-state index is 13.4. The fourth-order valence-corrected chi connectivity index (χ4v) is 3.41. The minimum Gasteiger partial charge on any atom is -0.312 e. The van der Waals surface area contributed by atoms with E-state index in [-0.39, 0.29) is 11.9 Å². The topological polar surface area (TPSA) is 12.0 Å². The maximum atomic E-state index is 13.4. The van der Waals surface area contributed by atoms with E-state index in [1.165, 1.54) is 22.6 Å². The van der Waals surface area contributed by atoms with Crippen molar-refractivity contribution in [1.82, 2.24) is 5.32 Å². The zero-order valence-corrected chi connectivity index (χ0v) is 13.1. The first-order valence-electron chi connectivity index (χ1n) is 6.42. The van der Waals surface area contributed by atoms with Gasteiger partial charge in [0.25, 0.3) is 0 Å². The zero-order chi connectivity index (χ0) is 14.5. The number of hydrogen-bond donors (Lipinski definition) is 1. The number of hydrogen-bond acceptors (Lipinski definition) is 2. The number of rotatable bonds is 5. The third kappa shape index (κ3) is 3.75. The van der Waals surface area contributed by atoms with Crippen LogP contribution in [-0.2, 0) is 0 Å². The first-order chi connectivity index (χ1) is 9.61. The van der Waals surface area contributed by atoms with Gasteiger partial charge in [-0.15, -0.1) is 11.8 Å². The molecule has 0 bridgehead atoms. The Bertz CT molecular complexity index is 588. The Hall–Kier alpha value is -1.03. The highest BCUT2D eigenvalue weighted by molar-refractivity contribution is 7.99. The number of benzene rings is 2. The highest BCUT2D eigenvalue weighted by Gasteiger charge is 2.14.